The first kappa shape index (κ1) is 50.1. The summed E-state index contributed by atoms with van der Waals surface area (Å²) in [6.07, 6.45) is -11.7. The number of para-hydroxylation sites is 1. The molecule has 21 nitrogen and oxygen atoms in total. The number of nitrogens with two attached hydrogens (primary N) is 2. The molecule has 6 rings (SSSR count). The molecule has 0 amide bonds. The molecular formula is C39H46F4N7O14P. The highest BCUT2D eigenvalue weighted by atomic mass is 31.2. The van der Waals surface area contributed by atoms with Crippen LogP contribution in [-0.2, 0) is 44.2 Å². The Hall–Kier alpha value is -5.95. The van der Waals surface area contributed by atoms with E-state index in [4.69, 9.17) is 39.5 Å². The van der Waals surface area contributed by atoms with Crippen molar-refractivity contribution < 1.29 is 74.7 Å². The van der Waals surface area contributed by atoms with Gasteiger partial charge in [0.05, 0.1) is 13.2 Å². The van der Waals surface area contributed by atoms with E-state index in [0.717, 1.165) is 30.1 Å². The maximum Gasteiger partial charge on any atom is 0.509 e. The third-order valence-electron chi connectivity index (χ3n) is 9.04. The summed E-state index contributed by atoms with van der Waals surface area (Å²) in [6.45, 7) is 4.16. The average Bonchev–Trinajstić information content (AvgIpc) is 3.61. The van der Waals surface area contributed by atoms with Gasteiger partial charge < -0.3 is 49.9 Å². The van der Waals surface area contributed by atoms with Crippen molar-refractivity contribution in [1.29, 1.82) is 0 Å². The summed E-state index contributed by atoms with van der Waals surface area (Å²) in [5, 5.41) is 22.0. The Bertz CT molecular complexity index is 2430. The minimum absolute atomic E-state index is 0.0473. The van der Waals surface area contributed by atoms with E-state index in [9.17, 15) is 51.5 Å². The predicted molar refractivity (Wildman–Crippen MR) is 217 cm³/mol. The van der Waals surface area contributed by atoms with Gasteiger partial charge in [0.15, 0.2) is 6.10 Å². The number of carbonyl (C=O) groups excluding carboxylic acids is 2. The number of nitrogens with zero attached hydrogens (tertiary/aromatic N) is 4. The van der Waals surface area contributed by atoms with Crippen LogP contribution >= 0.6 is 7.75 Å². The van der Waals surface area contributed by atoms with Crippen LogP contribution in [0.4, 0.5) is 34.0 Å². The Balaban J connectivity index is 0.000000273. The summed E-state index contributed by atoms with van der Waals surface area (Å²) < 4.78 is 110. The normalized spacial score (nSPS) is 23.5. The van der Waals surface area contributed by atoms with Crippen LogP contribution in [0, 0.1) is 0 Å². The molecule has 2 aliphatic heterocycles. The number of esters is 1. The lowest BCUT2D eigenvalue weighted by molar-refractivity contribution is -0.149. The van der Waals surface area contributed by atoms with Gasteiger partial charge in [-0.05, 0) is 57.5 Å². The van der Waals surface area contributed by atoms with Gasteiger partial charge in [-0.15, -0.1) is 0 Å². The van der Waals surface area contributed by atoms with E-state index >= 15 is 0 Å². The quantitative estimate of drug-likeness (QED) is 0.0688. The summed E-state index contributed by atoms with van der Waals surface area (Å²) >= 11 is 0. The van der Waals surface area contributed by atoms with Crippen molar-refractivity contribution in [3.63, 3.8) is 0 Å². The monoisotopic (exact) mass is 943 g/mol. The second-order valence-corrected chi connectivity index (χ2v) is 17.0. The number of hydrogen-bond acceptors (Lipinski definition) is 18. The highest BCUT2D eigenvalue weighted by molar-refractivity contribution is 7.52. The molecule has 0 unspecified atom stereocenters. The number of aromatic nitrogens is 4. The number of aliphatic hydroxyl groups is 2. The number of halogens is 4. The fraction of sp³-hybridized carbons (Fsp3) is 0.436. The van der Waals surface area contributed by atoms with Crippen molar-refractivity contribution in [1.82, 2.24) is 24.2 Å². The lowest BCUT2D eigenvalue weighted by atomic mass is 10.1. The van der Waals surface area contributed by atoms with Gasteiger partial charge in [0.25, 0.3) is 0 Å². The molecule has 0 spiro atoms. The van der Waals surface area contributed by atoms with Crippen molar-refractivity contribution in [3.8, 4) is 5.75 Å². The highest BCUT2D eigenvalue weighted by Gasteiger charge is 2.63. The second-order valence-electron chi connectivity index (χ2n) is 15.3. The van der Waals surface area contributed by atoms with Crippen LogP contribution in [0.5, 0.6) is 5.75 Å². The zero-order valence-electron chi connectivity index (χ0n) is 34.9. The van der Waals surface area contributed by atoms with Crippen LogP contribution < -0.4 is 32.5 Å². The first-order valence-corrected chi connectivity index (χ1v) is 20.9. The van der Waals surface area contributed by atoms with Gasteiger partial charge in [-0.1, -0.05) is 48.5 Å². The van der Waals surface area contributed by atoms with Crippen LogP contribution in [0.3, 0.4) is 0 Å². The number of rotatable bonds is 14. The summed E-state index contributed by atoms with van der Waals surface area (Å²) in [5.74, 6) is -8.83. The van der Waals surface area contributed by atoms with Crippen molar-refractivity contribution in [3.05, 3.63) is 112 Å². The number of alkyl halides is 4. The molecular weight excluding hydrogens is 897 g/mol. The fourth-order valence-electron chi connectivity index (χ4n) is 5.98. The first-order valence-electron chi connectivity index (χ1n) is 19.4. The Morgan fingerprint density at radius 1 is 0.877 bits per heavy atom. The lowest BCUT2D eigenvalue weighted by Gasteiger charge is -2.25. The van der Waals surface area contributed by atoms with E-state index in [-0.39, 0.29) is 24.0 Å². The molecule has 0 saturated carbocycles. The summed E-state index contributed by atoms with van der Waals surface area (Å²) in [6, 6.07) is 17.7. The van der Waals surface area contributed by atoms with Crippen molar-refractivity contribution in [2.45, 2.75) is 94.7 Å². The van der Waals surface area contributed by atoms with E-state index in [0.29, 0.717) is 9.13 Å². The number of aliphatic hydroxyl groups excluding tert-OH is 2. The van der Waals surface area contributed by atoms with Gasteiger partial charge in [0, 0.05) is 12.4 Å². The maximum absolute atomic E-state index is 14.9. The molecule has 0 bridgehead atoms. The maximum atomic E-state index is 14.9. The van der Waals surface area contributed by atoms with E-state index < -0.39 is 105 Å². The Labute approximate surface area is 366 Å². The van der Waals surface area contributed by atoms with E-state index in [2.05, 4.69) is 19.8 Å². The van der Waals surface area contributed by atoms with Gasteiger partial charge in [-0.2, -0.15) is 32.6 Å². The molecule has 2 fully saturated rings. The van der Waals surface area contributed by atoms with Crippen LogP contribution in [-0.4, -0.2) is 103 Å². The molecule has 0 aliphatic carbocycles. The molecule has 2 aromatic heterocycles. The molecule has 26 heteroatoms. The molecule has 2 saturated heterocycles. The van der Waals surface area contributed by atoms with E-state index in [1.165, 1.54) is 39.8 Å². The number of carbonyl (C=O) groups is 2. The van der Waals surface area contributed by atoms with Crippen LogP contribution in [0.25, 0.3) is 0 Å². The van der Waals surface area contributed by atoms with Gasteiger partial charge in [-0.25, -0.2) is 18.9 Å². The molecule has 2 aromatic carbocycles. The second kappa shape index (κ2) is 20.5. The molecule has 354 valence electrons. The molecule has 8 atom stereocenters. The number of nitrogen functional groups attached to an aromatic ring is 2. The molecule has 2 aliphatic rings. The molecule has 4 heterocycles. The Kier molecular flexibility index (Phi) is 15.8. The fourth-order valence-corrected chi connectivity index (χ4v) is 7.48. The van der Waals surface area contributed by atoms with Crippen LogP contribution in [0.2, 0.25) is 0 Å². The zero-order valence-corrected chi connectivity index (χ0v) is 35.8. The molecule has 7 N–H and O–H groups in total. The largest absolute Gasteiger partial charge is 0.509 e. The number of anilines is 2. The molecule has 4 aromatic rings. The van der Waals surface area contributed by atoms with E-state index in [1.807, 2.05) is 0 Å². The van der Waals surface area contributed by atoms with Crippen molar-refractivity contribution in [2.75, 3.05) is 24.7 Å². The third kappa shape index (κ3) is 12.7. The predicted octanol–water partition coefficient (Wildman–Crippen LogP) is 3.32. The van der Waals surface area contributed by atoms with Gasteiger partial charge in [-0.3, -0.25) is 18.5 Å². The SMILES string of the molecule is CC(C)(C)OC(=O)O[C@@H]1[C@@H](CO)O[C@@H](n2ccc(N)nc2=O)C1(F)F.C[C@H](N[P@@](=O)(OC[C@H]1O[C@@H](n2ccc(N)nc2=O)C(F)(F)[C@@H]1O)Oc1ccccc1)C(=O)OCc1ccccc1. The van der Waals surface area contributed by atoms with Crippen LogP contribution in [0.1, 0.15) is 45.7 Å². The van der Waals surface area contributed by atoms with Gasteiger partial charge in [0.2, 0.25) is 18.6 Å². The number of ether oxygens (including phenoxy) is 5. The Morgan fingerprint density at radius 2 is 1.40 bits per heavy atom. The minimum Gasteiger partial charge on any atom is -0.460 e. The average molecular weight is 944 g/mol. The van der Waals surface area contributed by atoms with Gasteiger partial charge in [0.1, 0.15) is 47.8 Å². The van der Waals surface area contributed by atoms with Crippen LogP contribution in [0.15, 0.2) is 94.8 Å². The summed E-state index contributed by atoms with van der Waals surface area (Å²) in [7, 11) is -4.46. The minimum atomic E-state index is -4.46. The standard InChI is InChI=1S/C25H27F2N4O8P.C14H19F2N3O6/c1-16(22(33)36-14-17-8-4-2-5-9-17)30-40(35,39-18-10-6-3-7-11-18)37-15-19-21(32)25(26,27)23(38-19)31-13-12-20(28)29-24(31)34;1-13(2,3)25-12(22)24-9-7(6-20)23-10(14(9,15)16)19-5-4-8(17)18-11(19)21/h2-13,16,19,21,23,32H,14-15H2,1H3,(H,30,35)(H2,28,29,34);4-5,7,9-10,20H,6H2,1-3H3,(H2,17,18,21)/t16-,19+,21+,23+,40+;7-,9-,10-/m01/s1. The third-order valence-corrected chi connectivity index (χ3v) is 10.7. The smallest absolute Gasteiger partial charge is 0.460 e. The topological polar surface area (TPSA) is 290 Å². The van der Waals surface area contributed by atoms with E-state index in [1.54, 1.807) is 48.5 Å². The number of hydrogen-bond donors (Lipinski definition) is 5. The number of benzene rings is 2. The molecule has 65 heavy (non-hydrogen) atoms. The Morgan fingerprint density at radius 3 is 1.92 bits per heavy atom. The molecule has 0 radical (unpaired) electrons. The summed E-state index contributed by atoms with van der Waals surface area (Å²) in [4.78, 5) is 54.9. The van der Waals surface area contributed by atoms with Crippen molar-refractivity contribution >= 4 is 31.5 Å². The van der Waals surface area contributed by atoms with Crippen molar-refractivity contribution in [2.24, 2.45) is 0 Å². The highest BCUT2D eigenvalue weighted by Crippen LogP contribution is 2.48. The van der Waals surface area contributed by atoms with Gasteiger partial charge >= 0.3 is 43.1 Å². The summed E-state index contributed by atoms with van der Waals surface area (Å²) in [5.41, 5.74) is 8.30. The first-order chi connectivity index (χ1) is 30.4. The zero-order chi connectivity index (χ0) is 47.9. The number of nitrogens with one attached hydrogen (secondary N) is 1. The lowest BCUT2D eigenvalue weighted by Crippen LogP contribution is -2.45.